The lowest BCUT2D eigenvalue weighted by molar-refractivity contribution is -0.137. The summed E-state index contributed by atoms with van der Waals surface area (Å²) in [5.41, 5.74) is -0.0968. The summed E-state index contributed by atoms with van der Waals surface area (Å²) in [4.78, 5) is 0. The predicted octanol–water partition coefficient (Wildman–Crippen LogP) is 2.74. The first-order valence-electron chi connectivity index (χ1n) is 5.38. The molecule has 2 N–H and O–H groups in total. The highest BCUT2D eigenvalue weighted by molar-refractivity contribution is 5.27. The molecule has 1 aromatic carbocycles. The minimum Gasteiger partial charge on any atom is -0.395 e. The largest absolute Gasteiger partial charge is 0.416 e. The van der Waals surface area contributed by atoms with Gasteiger partial charge in [-0.25, -0.2) is 0 Å². The van der Waals surface area contributed by atoms with Gasteiger partial charge in [-0.2, -0.15) is 13.2 Å². The summed E-state index contributed by atoms with van der Waals surface area (Å²) >= 11 is 0. The van der Waals surface area contributed by atoms with Gasteiger partial charge in [-0.3, -0.25) is 0 Å². The molecule has 0 amide bonds. The number of nitrogens with one attached hydrogen (secondary N) is 1. The van der Waals surface area contributed by atoms with Crippen molar-refractivity contribution in [2.45, 2.75) is 32.1 Å². The van der Waals surface area contributed by atoms with E-state index >= 15 is 0 Å². The van der Waals surface area contributed by atoms with Gasteiger partial charge in [0.25, 0.3) is 0 Å². The quantitative estimate of drug-likeness (QED) is 0.857. The summed E-state index contributed by atoms with van der Waals surface area (Å²) in [5, 5.41) is 11.9. The first-order chi connectivity index (χ1) is 7.84. The number of hydrogen-bond donors (Lipinski definition) is 2. The topological polar surface area (TPSA) is 32.3 Å². The zero-order valence-corrected chi connectivity index (χ0v) is 9.75. The molecule has 1 rings (SSSR count). The molecule has 2 atom stereocenters. The summed E-state index contributed by atoms with van der Waals surface area (Å²) in [7, 11) is 0. The maximum absolute atomic E-state index is 12.5. The van der Waals surface area contributed by atoms with E-state index < -0.39 is 11.7 Å². The maximum Gasteiger partial charge on any atom is 0.416 e. The Kier molecular flexibility index (Phi) is 4.54. The minimum atomic E-state index is -4.32. The van der Waals surface area contributed by atoms with Gasteiger partial charge in [-0.15, -0.1) is 0 Å². The van der Waals surface area contributed by atoms with Gasteiger partial charge in [-0.1, -0.05) is 12.1 Å². The van der Waals surface area contributed by atoms with E-state index in [0.717, 1.165) is 12.1 Å². The second-order valence-electron chi connectivity index (χ2n) is 4.10. The van der Waals surface area contributed by atoms with Crippen LogP contribution in [0.1, 0.15) is 31.0 Å². The van der Waals surface area contributed by atoms with E-state index in [9.17, 15) is 13.2 Å². The molecule has 0 radical (unpaired) electrons. The molecule has 0 fully saturated rings. The van der Waals surface area contributed by atoms with Gasteiger partial charge in [-0.05, 0) is 31.5 Å². The van der Waals surface area contributed by atoms with Crippen LogP contribution in [0, 0.1) is 0 Å². The molecule has 1 aromatic rings. The Morgan fingerprint density at radius 2 is 1.94 bits per heavy atom. The number of hydrogen-bond acceptors (Lipinski definition) is 2. The molecule has 0 bridgehead atoms. The summed E-state index contributed by atoms with van der Waals surface area (Å²) in [6, 6.07) is 4.81. The molecular weight excluding hydrogens is 231 g/mol. The molecule has 0 saturated heterocycles. The molecule has 0 aliphatic rings. The van der Waals surface area contributed by atoms with Crippen LogP contribution in [0.25, 0.3) is 0 Å². The van der Waals surface area contributed by atoms with Crippen LogP contribution in [0.5, 0.6) is 0 Å². The normalized spacial score (nSPS) is 15.6. The number of benzene rings is 1. The number of alkyl halides is 3. The number of rotatable bonds is 4. The summed E-state index contributed by atoms with van der Waals surface area (Å²) < 4.78 is 37.5. The standard InChI is InChI=1S/C12H16F3NO/c1-8(7-17)16-9(2)10-4-3-5-11(6-10)12(13,14)15/h3-6,8-9,16-17H,7H2,1-2H3. The van der Waals surface area contributed by atoms with Gasteiger partial charge in [0.1, 0.15) is 0 Å². The average Bonchev–Trinajstić information content (AvgIpc) is 2.28. The number of halogens is 3. The van der Waals surface area contributed by atoms with Crippen molar-refractivity contribution < 1.29 is 18.3 Å². The van der Waals surface area contributed by atoms with Crippen molar-refractivity contribution >= 4 is 0 Å². The second-order valence-corrected chi connectivity index (χ2v) is 4.10. The predicted molar refractivity (Wildman–Crippen MR) is 59.5 cm³/mol. The fourth-order valence-electron chi connectivity index (χ4n) is 1.56. The lowest BCUT2D eigenvalue weighted by atomic mass is 10.0. The van der Waals surface area contributed by atoms with Gasteiger partial charge in [0.15, 0.2) is 0 Å². The first kappa shape index (κ1) is 14.0. The van der Waals surface area contributed by atoms with E-state index in [0.29, 0.717) is 5.56 Å². The maximum atomic E-state index is 12.5. The first-order valence-corrected chi connectivity index (χ1v) is 5.38. The molecule has 17 heavy (non-hydrogen) atoms. The van der Waals surface area contributed by atoms with Crippen LogP contribution < -0.4 is 5.32 Å². The molecular formula is C12H16F3NO. The molecule has 2 unspecified atom stereocenters. The van der Waals surface area contributed by atoms with Gasteiger partial charge >= 0.3 is 6.18 Å². The fourth-order valence-corrected chi connectivity index (χ4v) is 1.56. The van der Waals surface area contributed by atoms with Crippen LogP contribution in [0.4, 0.5) is 13.2 Å². The third kappa shape index (κ3) is 4.02. The van der Waals surface area contributed by atoms with Gasteiger partial charge in [0, 0.05) is 12.1 Å². The van der Waals surface area contributed by atoms with Gasteiger partial charge in [0.2, 0.25) is 0 Å². The molecule has 0 saturated carbocycles. The lowest BCUT2D eigenvalue weighted by Crippen LogP contribution is -2.31. The van der Waals surface area contributed by atoms with Crippen molar-refractivity contribution in [3.05, 3.63) is 35.4 Å². The van der Waals surface area contributed by atoms with Crippen LogP contribution in [0.15, 0.2) is 24.3 Å². The Labute approximate surface area is 98.5 Å². The Morgan fingerprint density at radius 1 is 1.29 bits per heavy atom. The monoisotopic (exact) mass is 247 g/mol. The zero-order valence-electron chi connectivity index (χ0n) is 9.75. The Morgan fingerprint density at radius 3 is 2.47 bits per heavy atom. The van der Waals surface area contributed by atoms with Gasteiger partial charge < -0.3 is 10.4 Å². The summed E-state index contributed by atoms with van der Waals surface area (Å²) in [6.45, 7) is 3.48. The molecule has 0 spiro atoms. The van der Waals surface area contributed by atoms with Crippen LogP contribution in [0.2, 0.25) is 0 Å². The van der Waals surface area contributed by atoms with Crippen molar-refractivity contribution in [2.24, 2.45) is 0 Å². The average molecular weight is 247 g/mol. The highest BCUT2D eigenvalue weighted by Crippen LogP contribution is 2.30. The van der Waals surface area contributed by atoms with Gasteiger partial charge in [0.05, 0.1) is 12.2 Å². The molecule has 0 aliphatic heterocycles. The van der Waals surface area contributed by atoms with Crippen molar-refractivity contribution in [2.75, 3.05) is 6.61 Å². The van der Waals surface area contributed by atoms with Crippen molar-refractivity contribution in [1.29, 1.82) is 0 Å². The molecule has 2 nitrogen and oxygen atoms in total. The van der Waals surface area contributed by atoms with E-state index in [1.54, 1.807) is 19.9 Å². The highest BCUT2D eigenvalue weighted by Gasteiger charge is 2.30. The minimum absolute atomic E-state index is 0.0523. The van der Waals surface area contributed by atoms with Crippen LogP contribution in [-0.2, 0) is 6.18 Å². The van der Waals surface area contributed by atoms with Crippen molar-refractivity contribution in [3.63, 3.8) is 0 Å². The van der Waals surface area contributed by atoms with Crippen LogP contribution >= 0.6 is 0 Å². The molecule has 5 heteroatoms. The second kappa shape index (κ2) is 5.51. The summed E-state index contributed by atoms with van der Waals surface area (Å²) in [5.74, 6) is 0. The van der Waals surface area contributed by atoms with E-state index in [4.69, 9.17) is 5.11 Å². The number of aliphatic hydroxyl groups excluding tert-OH is 1. The zero-order chi connectivity index (χ0) is 13.1. The third-order valence-corrected chi connectivity index (χ3v) is 2.52. The molecule has 0 aliphatic carbocycles. The molecule has 0 heterocycles. The van der Waals surface area contributed by atoms with E-state index in [-0.39, 0.29) is 18.7 Å². The summed E-state index contributed by atoms with van der Waals surface area (Å²) in [6.07, 6.45) is -4.32. The Balaban J connectivity index is 2.84. The van der Waals surface area contributed by atoms with Crippen molar-refractivity contribution in [3.8, 4) is 0 Å². The smallest absolute Gasteiger partial charge is 0.395 e. The highest BCUT2D eigenvalue weighted by atomic mass is 19.4. The van der Waals surface area contributed by atoms with E-state index in [2.05, 4.69) is 5.32 Å². The lowest BCUT2D eigenvalue weighted by Gasteiger charge is -2.19. The number of aliphatic hydroxyl groups is 1. The SMILES string of the molecule is CC(CO)NC(C)c1cccc(C(F)(F)F)c1. The van der Waals surface area contributed by atoms with Crippen LogP contribution in [-0.4, -0.2) is 17.8 Å². The Bertz CT molecular complexity index is 365. The molecule has 96 valence electrons. The van der Waals surface area contributed by atoms with Crippen molar-refractivity contribution in [1.82, 2.24) is 5.32 Å². The fraction of sp³-hybridized carbons (Fsp3) is 0.500. The van der Waals surface area contributed by atoms with E-state index in [1.807, 2.05) is 0 Å². The van der Waals surface area contributed by atoms with Crippen LogP contribution in [0.3, 0.4) is 0 Å². The Hall–Kier alpha value is -1.07. The molecule has 0 aromatic heterocycles. The third-order valence-electron chi connectivity index (χ3n) is 2.52. The van der Waals surface area contributed by atoms with E-state index in [1.165, 1.54) is 6.07 Å².